The van der Waals surface area contributed by atoms with Gasteiger partial charge in [-0.2, -0.15) is 0 Å². The minimum atomic E-state index is -1.15. The quantitative estimate of drug-likeness (QED) is 0.436. The SMILES string of the molecule is CCC(C(=O)O)N1CC(=O)N(Cc2ccc(Cl)cc2)c2ccc(-c3ccc(OCCN)cc3)cc2C1=O. The molecule has 0 aromatic heterocycles. The van der Waals surface area contributed by atoms with Crippen LogP contribution in [0.15, 0.2) is 66.7 Å². The lowest BCUT2D eigenvalue weighted by Gasteiger charge is -2.26. The number of rotatable bonds is 9. The fraction of sp³-hybridized carbons (Fsp3) is 0.250. The number of benzene rings is 3. The van der Waals surface area contributed by atoms with Crippen LogP contribution >= 0.6 is 11.6 Å². The number of nitrogens with two attached hydrogens (primary N) is 1. The number of aliphatic carboxylic acids is 1. The minimum Gasteiger partial charge on any atom is -0.492 e. The van der Waals surface area contributed by atoms with Crippen molar-refractivity contribution in [2.45, 2.75) is 25.9 Å². The number of nitrogens with zero attached hydrogens (tertiary/aromatic N) is 2. The fourth-order valence-corrected chi connectivity index (χ4v) is 4.49. The molecule has 0 fully saturated rings. The first-order chi connectivity index (χ1) is 17.8. The number of carboxylic acid groups (broad SMARTS) is 1. The van der Waals surface area contributed by atoms with Gasteiger partial charge in [-0.05, 0) is 59.5 Å². The molecule has 0 saturated heterocycles. The van der Waals surface area contributed by atoms with E-state index in [2.05, 4.69) is 0 Å². The van der Waals surface area contributed by atoms with E-state index in [0.717, 1.165) is 21.6 Å². The van der Waals surface area contributed by atoms with Gasteiger partial charge in [-0.3, -0.25) is 9.59 Å². The van der Waals surface area contributed by atoms with Gasteiger partial charge in [0.05, 0.1) is 17.8 Å². The molecular formula is C28H28ClN3O5. The summed E-state index contributed by atoms with van der Waals surface area (Å²) in [5.41, 5.74) is 8.61. The van der Waals surface area contributed by atoms with Crippen molar-refractivity contribution in [1.29, 1.82) is 0 Å². The molecule has 0 radical (unpaired) electrons. The van der Waals surface area contributed by atoms with Crippen LogP contribution in [-0.2, 0) is 16.1 Å². The van der Waals surface area contributed by atoms with E-state index >= 15 is 0 Å². The van der Waals surface area contributed by atoms with Gasteiger partial charge in [-0.25, -0.2) is 4.79 Å². The van der Waals surface area contributed by atoms with Gasteiger partial charge < -0.3 is 25.4 Å². The Morgan fingerprint density at radius 2 is 1.73 bits per heavy atom. The van der Waals surface area contributed by atoms with E-state index in [1.54, 1.807) is 31.2 Å². The Morgan fingerprint density at radius 1 is 1.05 bits per heavy atom. The molecule has 1 heterocycles. The maximum absolute atomic E-state index is 13.7. The Balaban J connectivity index is 1.77. The summed E-state index contributed by atoms with van der Waals surface area (Å²) in [5.74, 6) is -1.34. The zero-order chi connectivity index (χ0) is 26.5. The average Bonchev–Trinajstić information content (AvgIpc) is 2.99. The standard InChI is InChI=1S/C28H28ClN3O5/c1-2-24(28(35)36)32-17-26(33)31(16-18-3-8-21(29)9-4-18)25-12-7-20(15-23(25)27(32)34)19-5-10-22(11-6-19)37-14-13-30/h3-12,15,24H,2,13-14,16-17,30H2,1H3,(H,35,36). The molecule has 0 saturated carbocycles. The summed E-state index contributed by atoms with van der Waals surface area (Å²) in [6.07, 6.45) is 0.171. The van der Waals surface area contributed by atoms with Crippen LogP contribution in [0, 0.1) is 0 Å². The Bertz CT molecular complexity index is 1290. The number of anilines is 1. The highest BCUT2D eigenvalue weighted by atomic mass is 35.5. The summed E-state index contributed by atoms with van der Waals surface area (Å²) in [6.45, 7) is 2.36. The molecule has 3 N–H and O–H groups in total. The van der Waals surface area contributed by atoms with Crippen molar-refractivity contribution >= 4 is 35.1 Å². The maximum Gasteiger partial charge on any atom is 0.326 e. The molecule has 0 spiro atoms. The predicted octanol–water partition coefficient (Wildman–Crippen LogP) is 4.20. The molecule has 0 bridgehead atoms. The van der Waals surface area contributed by atoms with Crippen LogP contribution in [0.5, 0.6) is 5.75 Å². The first-order valence-corrected chi connectivity index (χ1v) is 12.4. The zero-order valence-corrected chi connectivity index (χ0v) is 21.1. The van der Waals surface area contributed by atoms with Crippen molar-refractivity contribution in [2.24, 2.45) is 5.73 Å². The van der Waals surface area contributed by atoms with E-state index in [9.17, 15) is 19.5 Å². The van der Waals surface area contributed by atoms with Crippen LogP contribution in [0.2, 0.25) is 5.02 Å². The van der Waals surface area contributed by atoms with E-state index in [0.29, 0.717) is 29.6 Å². The van der Waals surface area contributed by atoms with Gasteiger partial charge in [0.2, 0.25) is 5.91 Å². The van der Waals surface area contributed by atoms with Crippen molar-refractivity contribution in [3.8, 4) is 16.9 Å². The molecule has 1 unspecified atom stereocenters. The molecule has 2 amide bonds. The van der Waals surface area contributed by atoms with Crippen LogP contribution in [0.3, 0.4) is 0 Å². The fourth-order valence-electron chi connectivity index (χ4n) is 4.36. The second kappa shape index (κ2) is 11.5. The average molecular weight is 522 g/mol. The van der Waals surface area contributed by atoms with Gasteiger partial charge in [0.1, 0.15) is 24.9 Å². The lowest BCUT2D eigenvalue weighted by atomic mass is 10.00. The first-order valence-electron chi connectivity index (χ1n) is 12.0. The van der Waals surface area contributed by atoms with Gasteiger partial charge in [-0.1, -0.05) is 48.9 Å². The number of carbonyl (C=O) groups excluding carboxylic acids is 2. The highest BCUT2D eigenvalue weighted by Gasteiger charge is 2.37. The second-order valence-corrected chi connectivity index (χ2v) is 9.13. The molecule has 37 heavy (non-hydrogen) atoms. The topological polar surface area (TPSA) is 113 Å². The van der Waals surface area contributed by atoms with Crippen LogP contribution in [0.4, 0.5) is 5.69 Å². The first kappa shape index (κ1) is 26.2. The number of carbonyl (C=O) groups is 3. The number of hydrogen-bond donors (Lipinski definition) is 2. The van der Waals surface area contributed by atoms with E-state index in [1.807, 2.05) is 42.5 Å². The normalized spacial score (nSPS) is 14.2. The molecule has 4 rings (SSSR count). The largest absolute Gasteiger partial charge is 0.492 e. The van der Waals surface area contributed by atoms with Crippen molar-refractivity contribution in [1.82, 2.24) is 4.90 Å². The van der Waals surface area contributed by atoms with E-state index in [-0.39, 0.29) is 31.0 Å². The number of fused-ring (bicyclic) bond motifs is 1. The molecule has 8 nitrogen and oxygen atoms in total. The molecular weight excluding hydrogens is 494 g/mol. The summed E-state index contributed by atoms with van der Waals surface area (Å²) in [4.78, 5) is 41.8. The molecule has 1 aliphatic heterocycles. The number of halogens is 1. The number of carboxylic acids is 1. The van der Waals surface area contributed by atoms with Crippen LogP contribution < -0.4 is 15.4 Å². The molecule has 9 heteroatoms. The summed E-state index contributed by atoms with van der Waals surface area (Å²) < 4.78 is 5.54. The highest BCUT2D eigenvalue weighted by Crippen LogP contribution is 2.33. The summed E-state index contributed by atoms with van der Waals surface area (Å²) in [5, 5.41) is 10.3. The third-order valence-corrected chi connectivity index (χ3v) is 6.51. The Morgan fingerprint density at radius 3 is 2.35 bits per heavy atom. The Kier molecular flexibility index (Phi) is 8.11. The third-order valence-electron chi connectivity index (χ3n) is 6.26. The Labute approximate surface area is 220 Å². The molecule has 3 aromatic rings. The number of hydrogen-bond acceptors (Lipinski definition) is 5. The summed E-state index contributed by atoms with van der Waals surface area (Å²) in [6, 6.07) is 18.6. The van der Waals surface area contributed by atoms with Gasteiger partial charge >= 0.3 is 5.97 Å². The van der Waals surface area contributed by atoms with Crippen LogP contribution in [0.25, 0.3) is 11.1 Å². The van der Waals surface area contributed by atoms with Gasteiger partial charge in [0.15, 0.2) is 0 Å². The molecule has 0 aliphatic carbocycles. The second-order valence-electron chi connectivity index (χ2n) is 8.70. The summed E-state index contributed by atoms with van der Waals surface area (Å²) in [7, 11) is 0. The number of amides is 2. The van der Waals surface area contributed by atoms with E-state index in [1.165, 1.54) is 4.90 Å². The van der Waals surface area contributed by atoms with Crippen molar-refractivity contribution in [2.75, 3.05) is 24.6 Å². The highest BCUT2D eigenvalue weighted by molar-refractivity contribution is 6.30. The maximum atomic E-state index is 13.7. The Hall–Kier alpha value is -3.88. The predicted molar refractivity (Wildman–Crippen MR) is 142 cm³/mol. The lowest BCUT2D eigenvalue weighted by molar-refractivity contribution is -0.142. The summed E-state index contributed by atoms with van der Waals surface area (Å²) >= 11 is 6.02. The van der Waals surface area contributed by atoms with E-state index < -0.39 is 17.9 Å². The van der Waals surface area contributed by atoms with Crippen molar-refractivity contribution in [3.05, 3.63) is 82.9 Å². The lowest BCUT2D eigenvalue weighted by Crippen LogP contribution is -2.48. The third kappa shape index (κ3) is 5.76. The molecule has 1 atom stereocenters. The van der Waals surface area contributed by atoms with Gasteiger partial charge in [0, 0.05) is 11.6 Å². The zero-order valence-electron chi connectivity index (χ0n) is 20.4. The van der Waals surface area contributed by atoms with Crippen LogP contribution in [0.1, 0.15) is 29.3 Å². The van der Waals surface area contributed by atoms with Gasteiger partial charge in [0.25, 0.3) is 5.91 Å². The van der Waals surface area contributed by atoms with E-state index in [4.69, 9.17) is 22.1 Å². The monoisotopic (exact) mass is 521 g/mol. The smallest absolute Gasteiger partial charge is 0.326 e. The minimum absolute atomic E-state index is 0.171. The van der Waals surface area contributed by atoms with Crippen LogP contribution in [-0.4, -0.2) is 53.5 Å². The molecule has 1 aliphatic rings. The molecule has 192 valence electrons. The van der Waals surface area contributed by atoms with Gasteiger partial charge in [-0.15, -0.1) is 0 Å². The molecule has 3 aromatic carbocycles. The van der Waals surface area contributed by atoms with Crippen molar-refractivity contribution in [3.63, 3.8) is 0 Å². The van der Waals surface area contributed by atoms with Crippen molar-refractivity contribution < 1.29 is 24.2 Å². The number of ether oxygens (including phenoxy) is 1.